The molecule has 0 spiro atoms. The Hall–Kier alpha value is -1.72. The van der Waals surface area contributed by atoms with Crippen LogP contribution in [0, 0.1) is 0 Å². The Kier molecular flexibility index (Phi) is 20.7. The van der Waals surface area contributed by atoms with Gasteiger partial charge in [-0.25, -0.2) is 4.98 Å². The largest absolute Gasteiger partial charge is 1.00 e. The van der Waals surface area contributed by atoms with E-state index in [1.807, 2.05) is 6.92 Å². The van der Waals surface area contributed by atoms with E-state index in [-0.39, 0.29) is 12.4 Å². The van der Waals surface area contributed by atoms with Gasteiger partial charge in [0.05, 0.1) is 27.2 Å². The van der Waals surface area contributed by atoms with Crippen molar-refractivity contribution in [3.8, 4) is 6.01 Å². The van der Waals surface area contributed by atoms with Gasteiger partial charge in [0.2, 0.25) is 0 Å². The lowest BCUT2D eigenvalue weighted by Gasteiger charge is -2.30. The molecule has 0 saturated carbocycles. The van der Waals surface area contributed by atoms with Crippen molar-refractivity contribution in [2.45, 2.75) is 97.4 Å². The molecule has 0 N–H and O–H groups in total. The fourth-order valence-electron chi connectivity index (χ4n) is 3.97. The molecule has 34 heavy (non-hydrogen) atoms. The lowest BCUT2D eigenvalue weighted by Crippen LogP contribution is -3.00. The van der Waals surface area contributed by atoms with Gasteiger partial charge in [-0.15, -0.1) is 0 Å². The average molecular weight is 493 g/mol. The van der Waals surface area contributed by atoms with Crippen LogP contribution in [0.4, 0.5) is 0 Å². The minimum Gasteiger partial charge on any atom is -1.00 e. The van der Waals surface area contributed by atoms with Crippen LogP contribution in [0.5, 0.6) is 6.01 Å². The number of ether oxygens (including phenoxy) is 1. The van der Waals surface area contributed by atoms with Crippen molar-refractivity contribution in [1.82, 2.24) is 15.0 Å². The first kappa shape index (κ1) is 32.3. The van der Waals surface area contributed by atoms with Crippen LogP contribution in [-0.2, 0) is 6.54 Å². The highest BCUT2D eigenvalue weighted by atomic mass is 35.5. The Bertz CT molecular complexity index is 671. The van der Waals surface area contributed by atoms with E-state index in [1.165, 1.54) is 102 Å². The van der Waals surface area contributed by atoms with Crippen LogP contribution >= 0.6 is 0 Å². The fourth-order valence-corrected chi connectivity index (χ4v) is 3.97. The predicted molar refractivity (Wildman–Crippen MR) is 139 cm³/mol. The van der Waals surface area contributed by atoms with Gasteiger partial charge in [0, 0.05) is 5.56 Å². The van der Waals surface area contributed by atoms with E-state index < -0.39 is 0 Å². The molecule has 0 fully saturated rings. The second-order valence-electron chi connectivity index (χ2n) is 9.55. The van der Waals surface area contributed by atoms with Crippen LogP contribution in [0.3, 0.4) is 0 Å². The van der Waals surface area contributed by atoms with Crippen LogP contribution < -0.4 is 17.1 Å². The summed E-state index contributed by atoms with van der Waals surface area (Å²) in [6, 6.07) is 11.3. The molecule has 1 aromatic heterocycles. The molecule has 0 aliphatic rings. The Labute approximate surface area is 215 Å². The maximum Gasteiger partial charge on any atom is 0.319 e. The Morgan fingerprint density at radius 2 is 1.21 bits per heavy atom. The summed E-state index contributed by atoms with van der Waals surface area (Å²) in [6.07, 6.45) is 20.0. The van der Waals surface area contributed by atoms with E-state index in [0.717, 1.165) is 11.0 Å². The first-order chi connectivity index (χ1) is 16.1. The number of hydrogen-bond acceptors (Lipinski definition) is 4. The van der Waals surface area contributed by atoms with Crippen LogP contribution in [0.2, 0.25) is 0 Å². The summed E-state index contributed by atoms with van der Waals surface area (Å²) < 4.78 is 6.06. The molecule has 0 amide bonds. The Balaban J connectivity index is 0.000000911. The topological polar surface area (TPSA) is 47.9 Å². The molecule has 0 radical (unpaired) electrons. The molecule has 0 aliphatic carbocycles. The van der Waals surface area contributed by atoms with Gasteiger partial charge in [-0.05, 0) is 19.8 Å². The fraction of sp³-hybridized carbons (Fsp3) is 0.679. The normalized spacial score (nSPS) is 10.7. The van der Waals surface area contributed by atoms with E-state index in [4.69, 9.17) is 4.74 Å². The molecule has 1 aromatic carbocycles. The number of hydrogen-bond donors (Lipinski definition) is 0. The third kappa shape index (κ3) is 18.7. The van der Waals surface area contributed by atoms with E-state index in [0.29, 0.717) is 12.6 Å². The lowest BCUT2D eigenvalue weighted by molar-refractivity contribution is -0.903. The van der Waals surface area contributed by atoms with Gasteiger partial charge in [-0.2, -0.15) is 9.97 Å². The average Bonchev–Trinajstić information content (AvgIpc) is 2.81. The number of unbranched alkanes of at least 4 members (excludes halogenated alkanes) is 11. The summed E-state index contributed by atoms with van der Waals surface area (Å²) in [5, 5.41) is 0. The molecular formula is C28H49ClN4O. The summed E-state index contributed by atoms with van der Waals surface area (Å²) in [5.41, 5.74) is 1.46. The first-order valence-corrected chi connectivity index (χ1v) is 13.2. The number of quaternary nitrogens is 1. The van der Waals surface area contributed by atoms with Crippen LogP contribution in [0.15, 0.2) is 43.0 Å². The van der Waals surface area contributed by atoms with Gasteiger partial charge in [0.25, 0.3) is 0 Å². The zero-order chi connectivity index (χ0) is 24.0. The Morgan fingerprint density at radius 3 is 1.71 bits per heavy atom. The number of nitrogens with zero attached hydrogens (tertiary/aromatic N) is 4. The van der Waals surface area contributed by atoms with Crippen molar-refractivity contribution in [3.05, 3.63) is 48.5 Å². The van der Waals surface area contributed by atoms with Gasteiger partial charge in [0.1, 0.15) is 19.2 Å². The van der Waals surface area contributed by atoms with Crippen molar-refractivity contribution in [1.29, 1.82) is 0 Å². The minimum atomic E-state index is 0. The van der Waals surface area contributed by atoms with Crippen LogP contribution in [-0.4, -0.2) is 46.7 Å². The third-order valence-corrected chi connectivity index (χ3v) is 5.81. The smallest absolute Gasteiger partial charge is 0.319 e. The number of aromatic nitrogens is 3. The van der Waals surface area contributed by atoms with Gasteiger partial charge < -0.3 is 21.6 Å². The molecule has 1 heterocycles. The summed E-state index contributed by atoms with van der Waals surface area (Å²) >= 11 is 0. The zero-order valence-corrected chi connectivity index (χ0v) is 23.0. The van der Waals surface area contributed by atoms with Gasteiger partial charge in [0.15, 0.2) is 0 Å². The number of halogens is 1. The molecule has 0 unspecified atom stereocenters. The summed E-state index contributed by atoms with van der Waals surface area (Å²) in [6.45, 7) is 7.21. The summed E-state index contributed by atoms with van der Waals surface area (Å²) in [7, 11) is 4.73. The van der Waals surface area contributed by atoms with Crippen molar-refractivity contribution in [3.63, 3.8) is 0 Å². The molecular weight excluding hydrogens is 444 g/mol. The molecule has 0 atom stereocenters. The van der Waals surface area contributed by atoms with Crippen LogP contribution in [0.1, 0.15) is 96.5 Å². The van der Waals surface area contributed by atoms with E-state index in [2.05, 4.69) is 66.3 Å². The number of benzene rings is 1. The van der Waals surface area contributed by atoms with Crippen molar-refractivity contribution < 1.29 is 21.6 Å². The maximum absolute atomic E-state index is 4.94. The molecule has 0 saturated heterocycles. The van der Waals surface area contributed by atoms with Crippen molar-refractivity contribution >= 4 is 0 Å². The molecule has 194 valence electrons. The summed E-state index contributed by atoms with van der Waals surface area (Å²) in [4.78, 5) is 11.1. The second kappa shape index (κ2) is 21.8. The van der Waals surface area contributed by atoms with E-state index >= 15 is 0 Å². The maximum atomic E-state index is 4.94. The predicted octanol–water partition coefficient (Wildman–Crippen LogP) is 4.24. The molecule has 0 aliphatic heterocycles. The Morgan fingerprint density at radius 1 is 0.706 bits per heavy atom. The SMILES string of the molecule is CCCCCCCCCCCCCC[N+](C)(C)Cc1ccccc1.CCOc1ncncn1.[Cl-]. The molecule has 6 heteroatoms. The van der Waals surface area contributed by atoms with E-state index in [9.17, 15) is 0 Å². The highest BCUT2D eigenvalue weighted by Crippen LogP contribution is 2.14. The van der Waals surface area contributed by atoms with Crippen molar-refractivity contribution in [2.24, 2.45) is 0 Å². The third-order valence-electron chi connectivity index (χ3n) is 5.81. The summed E-state index contributed by atoms with van der Waals surface area (Å²) in [5.74, 6) is 0. The minimum absolute atomic E-state index is 0. The molecule has 2 aromatic rings. The molecule has 2 rings (SSSR count). The van der Waals surface area contributed by atoms with E-state index in [1.54, 1.807) is 0 Å². The highest BCUT2D eigenvalue weighted by molar-refractivity contribution is 5.13. The standard InChI is InChI=1S/C23H42N.C5H7N3O.ClH/c1-4-5-6-7-8-9-10-11-12-13-14-18-21-24(2,3)22-23-19-16-15-17-20-23;1-2-9-5-7-3-6-4-8-5;/h15-17,19-20H,4-14,18,21-22H2,1-3H3;3-4H,2H2,1H3;1H/q+1;;/p-1. The van der Waals surface area contributed by atoms with Gasteiger partial charge in [-0.1, -0.05) is 101 Å². The van der Waals surface area contributed by atoms with Gasteiger partial charge in [-0.3, -0.25) is 0 Å². The van der Waals surface area contributed by atoms with Crippen LogP contribution in [0.25, 0.3) is 0 Å². The lowest BCUT2D eigenvalue weighted by atomic mass is 10.1. The second-order valence-corrected chi connectivity index (χ2v) is 9.55. The monoisotopic (exact) mass is 492 g/mol. The van der Waals surface area contributed by atoms with Crippen molar-refractivity contribution in [2.75, 3.05) is 27.2 Å². The highest BCUT2D eigenvalue weighted by Gasteiger charge is 2.14. The molecule has 5 nitrogen and oxygen atoms in total. The first-order valence-electron chi connectivity index (χ1n) is 13.2. The van der Waals surface area contributed by atoms with Gasteiger partial charge >= 0.3 is 6.01 Å². The number of rotatable bonds is 17. The molecule has 0 bridgehead atoms. The quantitative estimate of drug-likeness (QED) is 0.245. The zero-order valence-electron chi connectivity index (χ0n) is 22.2.